The van der Waals surface area contributed by atoms with Crippen LogP contribution < -0.4 is 5.32 Å². The summed E-state index contributed by atoms with van der Waals surface area (Å²) in [4.78, 5) is 39.3. The van der Waals surface area contributed by atoms with Gasteiger partial charge in [-0.15, -0.1) is 0 Å². The zero-order valence-electron chi connectivity index (χ0n) is 14.2. The molecule has 1 aliphatic carbocycles. The summed E-state index contributed by atoms with van der Waals surface area (Å²) >= 11 is 0. The maximum absolute atomic E-state index is 12.8. The Labute approximate surface area is 142 Å². The van der Waals surface area contributed by atoms with Gasteiger partial charge in [-0.25, -0.2) is 0 Å². The standard InChI is InChI=1S/C19H24N2O3/c1-12(2)16(17(22)20-13-8-4-3-5-9-13)21-18(23)14-10-6-7-11-15(14)19(21)24/h6-7,10-13,16H,3-5,8-9H2,1-2H3,(H,20,22)/t16-/m0/s1. The second-order valence-electron chi connectivity index (χ2n) is 7.06. The van der Waals surface area contributed by atoms with Crippen molar-refractivity contribution in [2.24, 2.45) is 5.92 Å². The fraction of sp³-hybridized carbons (Fsp3) is 0.526. The van der Waals surface area contributed by atoms with E-state index in [9.17, 15) is 14.4 Å². The molecule has 0 bridgehead atoms. The van der Waals surface area contributed by atoms with Crippen molar-refractivity contribution < 1.29 is 14.4 Å². The van der Waals surface area contributed by atoms with Crippen molar-refractivity contribution in [2.75, 3.05) is 0 Å². The van der Waals surface area contributed by atoms with E-state index in [0.717, 1.165) is 30.6 Å². The molecule has 0 unspecified atom stereocenters. The van der Waals surface area contributed by atoms with Crippen molar-refractivity contribution in [3.63, 3.8) is 0 Å². The predicted octanol–water partition coefficient (Wildman–Crippen LogP) is 2.76. The van der Waals surface area contributed by atoms with Gasteiger partial charge in [-0.2, -0.15) is 0 Å². The molecule has 24 heavy (non-hydrogen) atoms. The third-order valence-corrected chi connectivity index (χ3v) is 4.96. The summed E-state index contributed by atoms with van der Waals surface area (Å²) in [5.41, 5.74) is 0.775. The van der Waals surface area contributed by atoms with Gasteiger partial charge in [0.15, 0.2) is 0 Å². The minimum absolute atomic E-state index is 0.143. The Hall–Kier alpha value is -2.17. The molecule has 3 amide bonds. The highest BCUT2D eigenvalue weighted by atomic mass is 16.2. The van der Waals surface area contributed by atoms with Gasteiger partial charge in [0.25, 0.3) is 11.8 Å². The lowest BCUT2D eigenvalue weighted by atomic mass is 9.94. The van der Waals surface area contributed by atoms with Crippen LogP contribution >= 0.6 is 0 Å². The highest BCUT2D eigenvalue weighted by molar-refractivity contribution is 6.22. The largest absolute Gasteiger partial charge is 0.352 e. The van der Waals surface area contributed by atoms with Gasteiger partial charge in [0, 0.05) is 6.04 Å². The van der Waals surface area contributed by atoms with E-state index < -0.39 is 6.04 Å². The van der Waals surface area contributed by atoms with Gasteiger partial charge in [0.05, 0.1) is 11.1 Å². The van der Waals surface area contributed by atoms with Crippen LogP contribution in [0.4, 0.5) is 0 Å². The number of nitrogens with zero attached hydrogens (tertiary/aromatic N) is 1. The lowest BCUT2D eigenvalue weighted by Crippen LogP contribution is -2.54. The molecule has 5 nitrogen and oxygen atoms in total. The summed E-state index contributed by atoms with van der Waals surface area (Å²) in [5, 5.41) is 3.06. The highest BCUT2D eigenvalue weighted by Gasteiger charge is 2.44. The van der Waals surface area contributed by atoms with E-state index in [1.165, 1.54) is 6.42 Å². The molecule has 0 aromatic heterocycles. The number of carbonyl (C=O) groups excluding carboxylic acids is 3. The number of rotatable bonds is 4. The molecule has 128 valence electrons. The summed E-state index contributed by atoms with van der Waals surface area (Å²) in [5.74, 6) is -1.09. The summed E-state index contributed by atoms with van der Waals surface area (Å²) in [7, 11) is 0. The molecule has 1 aromatic carbocycles. The molecule has 1 aromatic rings. The van der Waals surface area contributed by atoms with Gasteiger partial charge in [0.1, 0.15) is 6.04 Å². The Balaban J connectivity index is 1.82. The van der Waals surface area contributed by atoms with Gasteiger partial charge >= 0.3 is 0 Å². The van der Waals surface area contributed by atoms with E-state index in [-0.39, 0.29) is 29.7 Å². The van der Waals surface area contributed by atoms with E-state index in [4.69, 9.17) is 0 Å². The first-order valence-corrected chi connectivity index (χ1v) is 8.78. The zero-order valence-corrected chi connectivity index (χ0v) is 14.2. The van der Waals surface area contributed by atoms with Crippen molar-refractivity contribution in [1.29, 1.82) is 0 Å². The van der Waals surface area contributed by atoms with Crippen molar-refractivity contribution in [3.05, 3.63) is 35.4 Å². The van der Waals surface area contributed by atoms with Gasteiger partial charge < -0.3 is 5.32 Å². The Morgan fingerprint density at radius 1 is 1.04 bits per heavy atom. The number of fused-ring (bicyclic) bond motifs is 1. The minimum Gasteiger partial charge on any atom is -0.352 e. The number of benzene rings is 1. The second kappa shape index (κ2) is 6.75. The summed E-state index contributed by atoms with van der Waals surface area (Å²) in [6, 6.07) is 6.15. The van der Waals surface area contributed by atoms with Crippen LogP contribution in [-0.4, -0.2) is 34.7 Å². The van der Waals surface area contributed by atoms with E-state index in [1.54, 1.807) is 24.3 Å². The van der Waals surface area contributed by atoms with Crippen LogP contribution in [0.15, 0.2) is 24.3 Å². The summed E-state index contributed by atoms with van der Waals surface area (Å²) in [6.07, 6.45) is 5.38. The van der Waals surface area contributed by atoms with Gasteiger partial charge in [-0.05, 0) is 30.9 Å². The van der Waals surface area contributed by atoms with E-state index in [0.29, 0.717) is 11.1 Å². The van der Waals surface area contributed by atoms with Crippen molar-refractivity contribution in [1.82, 2.24) is 10.2 Å². The summed E-state index contributed by atoms with van der Waals surface area (Å²) < 4.78 is 0. The van der Waals surface area contributed by atoms with Crippen molar-refractivity contribution in [3.8, 4) is 0 Å². The fourth-order valence-corrected chi connectivity index (χ4v) is 3.71. The first-order valence-electron chi connectivity index (χ1n) is 8.78. The first-order chi connectivity index (χ1) is 11.5. The smallest absolute Gasteiger partial charge is 0.262 e. The van der Waals surface area contributed by atoms with E-state index in [1.807, 2.05) is 13.8 Å². The Morgan fingerprint density at radius 2 is 1.58 bits per heavy atom. The van der Waals surface area contributed by atoms with Crippen LogP contribution in [0.5, 0.6) is 0 Å². The molecule has 0 spiro atoms. The first kappa shape index (κ1) is 16.7. The third kappa shape index (κ3) is 2.95. The minimum atomic E-state index is -0.765. The molecule has 1 heterocycles. The molecule has 0 radical (unpaired) electrons. The average molecular weight is 328 g/mol. The van der Waals surface area contributed by atoms with Gasteiger partial charge in [0.2, 0.25) is 5.91 Å². The number of hydrogen-bond donors (Lipinski definition) is 1. The topological polar surface area (TPSA) is 66.5 Å². The Kier molecular flexibility index (Phi) is 4.69. The maximum atomic E-state index is 12.8. The van der Waals surface area contributed by atoms with Crippen molar-refractivity contribution in [2.45, 2.75) is 58.0 Å². The number of amides is 3. The van der Waals surface area contributed by atoms with Crippen LogP contribution in [0.2, 0.25) is 0 Å². The summed E-state index contributed by atoms with van der Waals surface area (Å²) in [6.45, 7) is 3.74. The van der Waals surface area contributed by atoms with Crippen LogP contribution in [-0.2, 0) is 4.79 Å². The molecule has 1 N–H and O–H groups in total. The molecule has 0 saturated heterocycles. The van der Waals surface area contributed by atoms with E-state index >= 15 is 0 Å². The van der Waals surface area contributed by atoms with Crippen molar-refractivity contribution >= 4 is 17.7 Å². The monoisotopic (exact) mass is 328 g/mol. The van der Waals surface area contributed by atoms with E-state index in [2.05, 4.69) is 5.32 Å². The molecular formula is C19H24N2O3. The molecule has 1 fully saturated rings. The number of carbonyl (C=O) groups is 3. The van der Waals surface area contributed by atoms with Crippen LogP contribution in [0, 0.1) is 5.92 Å². The molecule has 5 heteroatoms. The molecule has 1 saturated carbocycles. The van der Waals surface area contributed by atoms with Gasteiger partial charge in [-0.3, -0.25) is 19.3 Å². The lowest BCUT2D eigenvalue weighted by Gasteiger charge is -2.31. The van der Waals surface area contributed by atoms with Gasteiger partial charge in [-0.1, -0.05) is 45.2 Å². The van der Waals surface area contributed by atoms with Crippen LogP contribution in [0.3, 0.4) is 0 Å². The zero-order chi connectivity index (χ0) is 17.3. The molecule has 2 aliphatic rings. The number of nitrogens with one attached hydrogen (secondary N) is 1. The molecule has 3 rings (SSSR count). The lowest BCUT2D eigenvalue weighted by molar-refractivity contribution is -0.127. The number of imide groups is 1. The average Bonchev–Trinajstić information content (AvgIpc) is 2.81. The predicted molar refractivity (Wildman–Crippen MR) is 90.6 cm³/mol. The highest BCUT2D eigenvalue weighted by Crippen LogP contribution is 2.27. The van der Waals surface area contributed by atoms with Crippen LogP contribution in [0.1, 0.15) is 66.7 Å². The molecular weight excluding hydrogens is 304 g/mol. The SMILES string of the molecule is CC(C)[C@@H](C(=O)NC1CCCCC1)N1C(=O)c2ccccc2C1=O. The molecule has 1 aliphatic heterocycles. The van der Waals surface area contributed by atoms with Crippen LogP contribution in [0.25, 0.3) is 0 Å². The normalized spacial score (nSPS) is 19.5. The quantitative estimate of drug-likeness (QED) is 0.864. The Morgan fingerprint density at radius 3 is 2.08 bits per heavy atom. The Bertz CT molecular complexity index is 627. The maximum Gasteiger partial charge on any atom is 0.262 e. The molecule has 1 atom stereocenters. The number of hydrogen-bond acceptors (Lipinski definition) is 3. The third-order valence-electron chi connectivity index (χ3n) is 4.96. The fourth-order valence-electron chi connectivity index (χ4n) is 3.71. The second-order valence-corrected chi connectivity index (χ2v) is 7.06.